The molecule has 0 saturated heterocycles. The lowest BCUT2D eigenvalue weighted by Gasteiger charge is -2.28. The summed E-state index contributed by atoms with van der Waals surface area (Å²) in [5, 5.41) is 12.6. The van der Waals surface area contributed by atoms with Gasteiger partial charge in [0, 0.05) is 38.6 Å². The third-order valence-electron chi connectivity index (χ3n) is 10.1. The van der Waals surface area contributed by atoms with Gasteiger partial charge in [0.05, 0.1) is 5.69 Å². The zero-order valence-electron chi connectivity index (χ0n) is 27.3. The molecular formula is C47H32N2S. The molecule has 1 aromatic heterocycles. The zero-order chi connectivity index (χ0) is 33.0. The predicted molar refractivity (Wildman–Crippen MR) is 216 cm³/mol. The Morgan fingerprint density at radius 1 is 0.480 bits per heavy atom. The number of thiophene rings is 1. The van der Waals surface area contributed by atoms with Crippen LogP contribution >= 0.6 is 11.3 Å². The van der Waals surface area contributed by atoms with Gasteiger partial charge in [-0.15, -0.1) is 11.3 Å². The Morgan fingerprint density at radius 3 is 1.86 bits per heavy atom. The summed E-state index contributed by atoms with van der Waals surface area (Å²) in [6.45, 7) is 0.838. The highest BCUT2D eigenvalue weighted by molar-refractivity contribution is 7.20. The highest BCUT2D eigenvalue weighted by atomic mass is 32.1. The van der Waals surface area contributed by atoms with Crippen LogP contribution in [0.5, 0.6) is 0 Å². The van der Waals surface area contributed by atoms with E-state index in [0.29, 0.717) is 0 Å². The standard InChI is InChI=1S/C47H32N2S/c1-2-10-31(11-3-1)32-20-24-36(25-21-32)49(44-28-35-19-18-33-12-4-5-13-38(33)47(35)41-16-7-6-14-39(41)44)37-26-22-34(23-27-37)43-29-46-42(30-48-43)40-15-8-9-17-45(40)50-46/h1-29,48H,30H2. The van der Waals surface area contributed by atoms with Crippen LogP contribution < -0.4 is 10.2 Å². The van der Waals surface area contributed by atoms with E-state index >= 15 is 0 Å². The molecule has 1 N–H and O–H groups in total. The molecule has 2 heterocycles. The SMILES string of the molecule is C1=C(c2ccc(N(c3ccc(-c4ccccc4)cc3)c3cc4ccc5ccccc5c4c4ccccc34)cc2)NCc2c1sc1ccccc21. The molecular weight excluding hydrogens is 625 g/mol. The summed E-state index contributed by atoms with van der Waals surface area (Å²) < 4.78 is 1.34. The van der Waals surface area contributed by atoms with E-state index in [1.54, 1.807) is 0 Å². The first-order chi connectivity index (χ1) is 24.8. The van der Waals surface area contributed by atoms with Gasteiger partial charge in [-0.3, -0.25) is 0 Å². The summed E-state index contributed by atoms with van der Waals surface area (Å²) in [5.74, 6) is 0. The molecule has 50 heavy (non-hydrogen) atoms. The van der Waals surface area contributed by atoms with Crippen molar-refractivity contribution in [2.45, 2.75) is 6.54 Å². The van der Waals surface area contributed by atoms with Gasteiger partial charge in [0.15, 0.2) is 0 Å². The lowest BCUT2D eigenvalue weighted by Crippen LogP contribution is -2.16. The van der Waals surface area contributed by atoms with Gasteiger partial charge in [-0.2, -0.15) is 0 Å². The van der Waals surface area contributed by atoms with Crippen LogP contribution in [-0.4, -0.2) is 0 Å². The summed E-state index contributed by atoms with van der Waals surface area (Å²) in [5.41, 5.74) is 9.56. The Labute approximate surface area is 295 Å². The van der Waals surface area contributed by atoms with Crippen LogP contribution in [-0.2, 0) is 6.54 Å². The molecule has 8 aromatic carbocycles. The van der Waals surface area contributed by atoms with E-state index in [0.717, 1.165) is 29.3 Å². The van der Waals surface area contributed by atoms with Crippen LogP contribution in [0.2, 0.25) is 0 Å². The zero-order valence-corrected chi connectivity index (χ0v) is 28.1. The van der Waals surface area contributed by atoms with Crippen molar-refractivity contribution in [1.82, 2.24) is 5.32 Å². The fourth-order valence-electron chi connectivity index (χ4n) is 7.66. The van der Waals surface area contributed by atoms with Gasteiger partial charge in [0.25, 0.3) is 0 Å². The second-order valence-corrected chi connectivity index (χ2v) is 14.1. The van der Waals surface area contributed by atoms with Crippen molar-refractivity contribution >= 4 is 82.6 Å². The van der Waals surface area contributed by atoms with Crippen molar-refractivity contribution in [3.63, 3.8) is 0 Å². The molecule has 0 saturated carbocycles. The second-order valence-electron chi connectivity index (χ2n) is 13.0. The monoisotopic (exact) mass is 656 g/mol. The van der Waals surface area contributed by atoms with Crippen LogP contribution in [0.1, 0.15) is 16.0 Å². The fourth-order valence-corrected chi connectivity index (χ4v) is 8.83. The average molecular weight is 657 g/mol. The van der Waals surface area contributed by atoms with E-state index in [9.17, 15) is 0 Å². The highest BCUT2D eigenvalue weighted by Crippen LogP contribution is 2.44. The second kappa shape index (κ2) is 11.8. The van der Waals surface area contributed by atoms with Crippen molar-refractivity contribution in [1.29, 1.82) is 0 Å². The molecule has 10 rings (SSSR count). The van der Waals surface area contributed by atoms with Crippen molar-refractivity contribution in [2.75, 3.05) is 4.90 Å². The molecule has 236 valence electrons. The molecule has 1 aliphatic heterocycles. The van der Waals surface area contributed by atoms with E-state index in [2.05, 4.69) is 186 Å². The molecule has 0 radical (unpaired) electrons. The molecule has 3 heteroatoms. The Kier molecular flexibility index (Phi) is 6.78. The minimum absolute atomic E-state index is 0.838. The topological polar surface area (TPSA) is 15.3 Å². The van der Waals surface area contributed by atoms with Crippen LogP contribution in [0.25, 0.3) is 65.3 Å². The van der Waals surface area contributed by atoms with Gasteiger partial charge < -0.3 is 10.2 Å². The minimum Gasteiger partial charge on any atom is -0.380 e. The largest absolute Gasteiger partial charge is 0.380 e. The summed E-state index contributed by atoms with van der Waals surface area (Å²) in [7, 11) is 0. The lowest BCUT2D eigenvalue weighted by molar-refractivity contribution is 0.892. The van der Waals surface area contributed by atoms with Gasteiger partial charge in [0.1, 0.15) is 0 Å². The molecule has 0 fully saturated rings. The predicted octanol–water partition coefficient (Wildman–Crippen LogP) is 13.1. The third-order valence-corrected chi connectivity index (χ3v) is 11.3. The first-order valence-corrected chi connectivity index (χ1v) is 18.0. The molecule has 0 bridgehead atoms. The highest BCUT2D eigenvalue weighted by Gasteiger charge is 2.20. The maximum atomic E-state index is 3.72. The van der Waals surface area contributed by atoms with Gasteiger partial charge in [-0.05, 0) is 97.0 Å². The normalized spacial score (nSPS) is 12.6. The third kappa shape index (κ3) is 4.78. The summed E-state index contributed by atoms with van der Waals surface area (Å²) in [6, 6.07) is 61.8. The Morgan fingerprint density at radius 2 is 1.08 bits per heavy atom. The first kappa shape index (κ1) is 28.8. The number of nitrogens with zero attached hydrogens (tertiary/aromatic N) is 1. The number of nitrogens with one attached hydrogen (secondary N) is 1. The van der Waals surface area contributed by atoms with E-state index in [1.807, 2.05) is 11.3 Å². The molecule has 1 aliphatic rings. The molecule has 0 unspecified atom stereocenters. The Bertz CT molecular complexity index is 2740. The van der Waals surface area contributed by atoms with Crippen LogP contribution in [0.15, 0.2) is 170 Å². The molecule has 0 atom stereocenters. The van der Waals surface area contributed by atoms with Crippen molar-refractivity contribution in [3.8, 4) is 11.1 Å². The van der Waals surface area contributed by atoms with E-state index in [4.69, 9.17) is 0 Å². The number of rotatable bonds is 5. The lowest BCUT2D eigenvalue weighted by atomic mass is 9.94. The van der Waals surface area contributed by atoms with Crippen LogP contribution in [0, 0.1) is 0 Å². The Balaban J connectivity index is 1.13. The maximum absolute atomic E-state index is 3.72. The van der Waals surface area contributed by atoms with Gasteiger partial charge in [-0.25, -0.2) is 0 Å². The maximum Gasteiger partial charge on any atom is 0.0546 e. The van der Waals surface area contributed by atoms with E-state index < -0.39 is 0 Å². The number of benzene rings is 8. The summed E-state index contributed by atoms with van der Waals surface area (Å²) in [4.78, 5) is 3.77. The van der Waals surface area contributed by atoms with Crippen molar-refractivity contribution < 1.29 is 0 Å². The average Bonchev–Trinajstić information content (AvgIpc) is 3.57. The number of hydrogen-bond donors (Lipinski definition) is 1. The number of hydrogen-bond acceptors (Lipinski definition) is 3. The fraction of sp³-hybridized carbons (Fsp3) is 0.0213. The van der Waals surface area contributed by atoms with Gasteiger partial charge in [0.2, 0.25) is 0 Å². The molecule has 9 aromatic rings. The van der Waals surface area contributed by atoms with E-state index in [1.165, 1.54) is 69.5 Å². The number of anilines is 3. The van der Waals surface area contributed by atoms with Gasteiger partial charge >= 0.3 is 0 Å². The Hall–Kier alpha value is -6.16. The van der Waals surface area contributed by atoms with Crippen LogP contribution in [0.3, 0.4) is 0 Å². The quantitative estimate of drug-likeness (QED) is 0.186. The summed E-state index contributed by atoms with van der Waals surface area (Å²) in [6.07, 6.45) is 2.32. The van der Waals surface area contributed by atoms with Crippen molar-refractivity contribution in [2.24, 2.45) is 0 Å². The smallest absolute Gasteiger partial charge is 0.0546 e. The summed E-state index contributed by atoms with van der Waals surface area (Å²) >= 11 is 1.88. The van der Waals surface area contributed by atoms with Crippen LogP contribution in [0.4, 0.5) is 17.1 Å². The molecule has 0 amide bonds. The van der Waals surface area contributed by atoms with E-state index in [-0.39, 0.29) is 0 Å². The molecule has 0 spiro atoms. The minimum atomic E-state index is 0.838. The van der Waals surface area contributed by atoms with Gasteiger partial charge in [-0.1, -0.05) is 133 Å². The molecule has 2 nitrogen and oxygen atoms in total. The van der Waals surface area contributed by atoms with Crippen molar-refractivity contribution in [3.05, 3.63) is 186 Å². The first-order valence-electron chi connectivity index (χ1n) is 17.1. The number of fused-ring (bicyclic) bond motifs is 8. The molecule has 0 aliphatic carbocycles.